The number of rotatable bonds is 8. The van der Waals surface area contributed by atoms with E-state index in [9.17, 15) is 0 Å². The van der Waals surface area contributed by atoms with E-state index in [0.29, 0.717) is 6.61 Å². The van der Waals surface area contributed by atoms with Gasteiger partial charge in [-0.1, -0.05) is 36.4 Å². The molecular formula is C17H20O3S. The maximum atomic E-state index is 8.99. The first-order valence-corrected chi connectivity index (χ1v) is 8.01. The third-order valence-electron chi connectivity index (χ3n) is 3.03. The Balaban J connectivity index is 1.70. The Morgan fingerprint density at radius 3 is 2.29 bits per heavy atom. The lowest BCUT2D eigenvalue weighted by Gasteiger charge is -2.10. The first kappa shape index (κ1) is 15.7. The van der Waals surface area contributed by atoms with Crippen molar-refractivity contribution in [3.8, 4) is 11.5 Å². The van der Waals surface area contributed by atoms with Crippen molar-refractivity contribution in [3.63, 3.8) is 0 Å². The molecule has 0 aliphatic rings. The summed E-state index contributed by atoms with van der Waals surface area (Å²) in [5.41, 5.74) is 2.21. The summed E-state index contributed by atoms with van der Waals surface area (Å²) >= 11 is 1.82. The van der Waals surface area contributed by atoms with Crippen LogP contribution >= 0.6 is 11.8 Å². The second kappa shape index (κ2) is 8.60. The number of aliphatic hydroxyl groups excluding tert-OH is 1. The van der Waals surface area contributed by atoms with Crippen LogP contribution in [0.25, 0.3) is 0 Å². The van der Waals surface area contributed by atoms with Gasteiger partial charge in [0.1, 0.15) is 0 Å². The maximum Gasteiger partial charge on any atom is 0.161 e. The Labute approximate surface area is 129 Å². The first-order chi connectivity index (χ1) is 10.3. The lowest BCUT2D eigenvalue weighted by Crippen LogP contribution is -2.01. The van der Waals surface area contributed by atoms with Crippen LogP contribution in [-0.2, 0) is 12.4 Å². The van der Waals surface area contributed by atoms with Crippen molar-refractivity contribution >= 4 is 11.8 Å². The van der Waals surface area contributed by atoms with Gasteiger partial charge in [0.25, 0.3) is 0 Å². The normalized spacial score (nSPS) is 10.4. The Kier molecular flexibility index (Phi) is 6.44. The molecule has 0 saturated carbocycles. The molecule has 0 fully saturated rings. The molecule has 4 heteroatoms. The van der Waals surface area contributed by atoms with Crippen LogP contribution in [-0.4, -0.2) is 24.6 Å². The van der Waals surface area contributed by atoms with Crippen LogP contribution in [0.3, 0.4) is 0 Å². The topological polar surface area (TPSA) is 38.7 Å². The molecule has 0 atom stereocenters. The molecule has 2 aromatic rings. The summed E-state index contributed by atoms with van der Waals surface area (Å²) in [6, 6.07) is 15.7. The van der Waals surface area contributed by atoms with E-state index >= 15 is 0 Å². The van der Waals surface area contributed by atoms with E-state index in [2.05, 4.69) is 12.1 Å². The molecule has 21 heavy (non-hydrogen) atoms. The van der Waals surface area contributed by atoms with E-state index in [0.717, 1.165) is 28.6 Å². The third-order valence-corrected chi connectivity index (χ3v) is 4.02. The first-order valence-electron chi connectivity index (χ1n) is 6.85. The predicted octanol–water partition coefficient (Wildman–Crippen LogP) is 3.50. The zero-order valence-electron chi connectivity index (χ0n) is 12.1. The fourth-order valence-electron chi connectivity index (χ4n) is 1.88. The molecule has 2 aromatic carbocycles. The highest BCUT2D eigenvalue weighted by atomic mass is 32.2. The summed E-state index contributed by atoms with van der Waals surface area (Å²) in [6.45, 7) is 0.750. The van der Waals surface area contributed by atoms with Crippen LogP contribution < -0.4 is 9.47 Å². The van der Waals surface area contributed by atoms with Crippen molar-refractivity contribution < 1.29 is 14.6 Å². The minimum atomic E-state index is 0.0974. The molecule has 112 valence electrons. The standard InChI is InChI=1S/C17H20O3S/c1-19-16-4-2-3-5-17(16)20-10-11-21-13-15-8-6-14(12-18)7-9-15/h2-9,18H,10-13H2,1H3. The lowest BCUT2D eigenvalue weighted by molar-refractivity contribution is 0.282. The van der Waals surface area contributed by atoms with Crippen LogP contribution in [0.15, 0.2) is 48.5 Å². The summed E-state index contributed by atoms with van der Waals surface area (Å²) in [5.74, 6) is 3.41. The molecule has 0 aromatic heterocycles. The number of methoxy groups -OCH3 is 1. The van der Waals surface area contributed by atoms with Crippen molar-refractivity contribution in [1.29, 1.82) is 0 Å². The SMILES string of the molecule is COc1ccccc1OCCSCc1ccc(CO)cc1. The number of hydrogen-bond acceptors (Lipinski definition) is 4. The molecule has 2 rings (SSSR count). The van der Waals surface area contributed by atoms with Gasteiger partial charge in [-0.05, 0) is 23.3 Å². The molecule has 0 heterocycles. The van der Waals surface area contributed by atoms with Crippen LogP contribution in [0.2, 0.25) is 0 Å². The van der Waals surface area contributed by atoms with Crippen LogP contribution in [0.4, 0.5) is 0 Å². The largest absolute Gasteiger partial charge is 0.493 e. The van der Waals surface area contributed by atoms with Crippen molar-refractivity contribution in [1.82, 2.24) is 0 Å². The molecule has 0 saturated heterocycles. The maximum absolute atomic E-state index is 8.99. The number of para-hydroxylation sites is 2. The van der Waals surface area contributed by atoms with Crippen LogP contribution in [0.1, 0.15) is 11.1 Å². The van der Waals surface area contributed by atoms with Crippen molar-refractivity contribution in [2.75, 3.05) is 19.5 Å². The molecule has 0 radical (unpaired) electrons. The number of thioether (sulfide) groups is 1. The summed E-state index contributed by atoms with van der Waals surface area (Å²) in [6.07, 6.45) is 0. The van der Waals surface area contributed by atoms with E-state index in [1.54, 1.807) is 7.11 Å². The number of aliphatic hydroxyl groups is 1. The Morgan fingerprint density at radius 1 is 0.952 bits per heavy atom. The van der Waals surface area contributed by atoms with E-state index in [1.165, 1.54) is 5.56 Å². The average molecular weight is 304 g/mol. The smallest absolute Gasteiger partial charge is 0.161 e. The molecule has 0 bridgehead atoms. The van der Waals surface area contributed by atoms with Gasteiger partial charge in [0, 0.05) is 11.5 Å². The van der Waals surface area contributed by atoms with E-state index in [4.69, 9.17) is 14.6 Å². The summed E-state index contributed by atoms with van der Waals surface area (Å²) in [4.78, 5) is 0. The number of benzene rings is 2. The quantitative estimate of drug-likeness (QED) is 0.758. The van der Waals surface area contributed by atoms with Crippen molar-refractivity contribution in [3.05, 3.63) is 59.7 Å². The van der Waals surface area contributed by atoms with Gasteiger partial charge in [-0.15, -0.1) is 0 Å². The van der Waals surface area contributed by atoms with Gasteiger partial charge in [-0.25, -0.2) is 0 Å². The second-order valence-electron chi connectivity index (χ2n) is 4.53. The Morgan fingerprint density at radius 2 is 1.62 bits per heavy atom. The lowest BCUT2D eigenvalue weighted by atomic mass is 10.2. The second-order valence-corrected chi connectivity index (χ2v) is 5.63. The molecule has 0 unspecified atom stereocenters. The summed E-state index contributed by atoms with van der Waals surface area (Å²) in [7, 11) is 1.65. The molecule has 0 amide bonds. The molecule has 1 N–H and O–H groups in total. The zero-order chi connectivity index (χ0) is 14.9. The van der Waals surface area contributed by atoms with Crippen LogP contribution in [0, 0.1) is 0 Å². The fourth-order valence-corrected chi connectivity index (χ4v) is 2.65. The summed E-state index contributed by atoms with van der Waals surface area (Å²) in [5, 5.41) is 8.99. The van der Waals surface area contributed by atoms with Gasteiger partial charge in [-0.3, -0.25) is 0 Å². The Bertz CT molecular complexity index is 540. The van der Waals surface area contributed by atoms with Gasteiger partial charge in [0.2, 0.25) is 0 Å². The van der Waals surface area contributed by atoms with E-state index < -0.39 is 0 Å². The van der Waals surface area contributed by atoms with E-state index in [-0.39, 0.29) is 6.61 Å². The van der Waals surface area contributed by atoms with Crippen molar-refractivity contribution in [2.24, 2.45) is 0 Å². The zero-order valence-corrected chi connectivity index (χ0v) is 12.9. The molecule has 3 nitrogen and oxygen atoms in total. The number of ether oxygens (including phenoxy) is 2. The highest BCUT2D eigenvalue weighted by molar-refractivity contribution is 7.98. The van der Waals surface area contributed by atoms with Crippen LogP contribution in [0.5, 0.6) is 11.5 Å². The minimum absolute atomic E-state index is 0.0974. The average Bonchev–Trinajstić information content (AvgIpc) is 2.55. The van der Waals surface area contributed by atoms with Gasteiger partial charge < -0.3 is 14.6 Å². The highest BCUT2D eigenvalue weighted by Gasteiger charge is 2.02. The Hall–Kier alpha value is -1.65. The van der Waals surface area contributed by atoms with Gasteiger partial charge in [0.05, 0.1) is 20.3 Å². The van der Waals surface area contributed by atoms with Gasteiger partial charge in [-0.2, -0.15) is 11.8 Å². The molecule has 0 aliphatic carbocycles. The monoisotopic (exact) mass is 304 g/mol. The molecular weight excluding hydrogens is 284 g/mol. The number of hydrogen-bond donors (Lipinski definition) is 1. The van der Waals surface area contributed by atoms with Crippen molar-refractivity contribution in [2.45, 2.75) is 12.4 Å². The summed E-state index contributed by atoms with van der Waals surface area (Å²) < 4.78 is 11.0. The fraction of sp³-hybridized carbons (Fsp3) is 0.294. The van der Waals surface area contributed by atoms with Gasteiger partial charge in [0.15, 0.2) is 11.5 Å². The molecule has 0 aliphatic heterocycles. The predicted molar refractivity (Wildman–Crippen MR) is 87.0 cm³/mol. The minimum Gasteiger partial charge on any atom is -0.493 e. The highest BCUT2D eigenvalue weighted by Crippen LogP contribution is 2.26. The third kappa shape index (κ3) is 4.99. The van der Waals surface area contributed by atoms with E-state index in [1.807, 2.05) is 48.2 Å². The molecule has 0 spiro atoms. The van der Waals surface area contributed by atoms with Gasteiger partial charge >= 0.3 is 0 Å².